The Hall–Kier alpha value is -8.10. The first-order chi connectivity index (χ1) is 38.4. The number of carboxylic acid groups (broad SMARTS) is 1. The molecule has 2 amide bonds. The third-order valence-electron chi connectivity index (χ3n) is 14.2. The van der Waals surface area contributed by atoms with Crippen LogP contribution in [0.25, 0.3) is 43.9 Å². The van der Waals surface area contributed by atoms with Crippen LogP contribution < -0.4 is 31.6 Å². The molecule has 4 aromatic heterocycles. The lowest BCUT2D eigenvalue weighted by molar-refractivity contribution is 0.0488. The molecule has 2 atom stereocenters. The van der Waals surface area contributed by atoms with Crippen LogP contribution in [-0.2, 0) is 41.4 Å². The molecule has 6 heterocycles. The maximum Gasteiger partial charge on any atom is 0.407 e. The lowest BCUT2D eigenvalue weighted by Crippen LogP contribution is -2.49. The Bertz CT molecular complexity index is 3890. The zero-order valence-electron chi connectivity index (χ0n) is 46.8. The van der Waals surface area contributed by atoms with E-state index < -0.39 is 35.3 Å². The van der Waals surface area contributed by atoms with Crippen molar-refractivity contribution in [3.63, 3.8) is 0 Å². The van der Waals surface area contributed by atoms with E-state index in [0.717, 1.165) is 42.2 Å². The number of pyridine rings is 2. The van der Waals surface area contributed by atoms with Gasteiger partial charge in [0.05, 0.1) is 42.4 Å². The molecule has 0 aliphatic carbocycles. The number of nitrogens with zero attached hydrogens (tertiary/aromatic N) is 8. The predicted octanol–water partition coefficient (Wildman–Crippen LogP) is 9.65. The number of nitrogens with one attached hydrogen (secondary N) is 2. The first kappa shape index (κ1) is 57.6. The fourth-order valence-corrected chi connectivity index (χ4v) is 10.9. The molecule has 20 nitrogen and oxygen atoms in total. The van der Waals surface area contributed by atoms with Gasteiger partial charge in [-0.2, -0.15) is 0 Å². The monoisotopic (exact) mass is 1140 g/mol. The van der Waals surface area contributed by atoms with E-state index in [1.165, 1.54) is 28.4 Å². The number of benzene rings is 4. The molecule has 81 heavy (non-hydrogen) atoms. The molecule has 22 heteroatoms. The third kappa shape index (κ3) is 12.5. The number of esters is 1. The standard InChI is InChI=1S/C30H34ClN5O5.C29H32ClN5O5/c1-30(2,3)41-29(39)32-20-10-8-14-35(17-20)28-33-24-21-13-12-18(27(38)40-5)15-23(21)34(4)26(37)25(24)36(28)16-19-9-6-7-11-22(19)31;1-29(2,3)40-28(39)31-19-9-7-13-34(16-19)27-32-23-20-12-11-17(26(37)38)14-22(20)33(4)25(36)24(23)35(27)15-18-8-5-6-10-21(18)30/h6-7,9,11-13,15,20H,8,10,14,16-17H2,1-5H3,(H,32,39);5-6,8,10-12,14,19H,7,9,13,15-16H2,1-4H3,(H,31,39)(H,37,38)/t20-;19-/m11/s1. The third-order valence-corrected chi connectivity index (χ3v) is 15.0. The Morgan fingerprint density at radius 2 is 1.04 bits per heavy atom. The molecule has 0 bridgehead atoms. The Kier molecular flexibility index (Phi) is 16.5. The van der Waals surface area contributed by atoms with Gasteiger partial charge in [0.25, 0.3) is 11.1 Å². The van der Waals surface area contributed by atoms with Crippen LogP contribution in [-0.4, -0.2) is 114 Å². The molecule has 0 unspecified atom stereocenters. The molecule has 2 saturated heterocycles. The van der Waals surface area contributed by atoms with Crippen LogP contribution in [0.3, 0.4) is 0 Å². The van der Waals surface area contributed by atoms with E-state index >= 15 is 0 Å². The maximum absolute atomic E-state index is 13.9. The number of alkyl carbamates (subject to hydrolysis) is 2. The number of aromatic carboxylic acids is 1. The van der Waals surface area contributed by atoms with E-state index in [0.29, 0.717) is 105 Å². The van der Waals surface area contributed by atoms with Gasteiger partial charge in [-0.1, -0.05) is 59.6 Å². The number of rotatable bonds is 10. The lowest BCUT2D eigenvalue weighted by atomic mass is 10.1. The second-order valence-electron chi connectivity index (χ2n) is 22.4. The van der Waals surface area contributed by atoms with Crippen molar-refractivity contribution in [3.8, 4) is 0 Å². The molecule has 10 rings (SSSR count). The SMILES string of the molecule is COC(=O)c1ccc2c3nc(N4CCC[C@@H](NC(=O)OC(C)(C)C)C4)n(Cc4ccccc4Cl)c3c(=O)n(C)c2c1.Cn1c(=O)c2c(nc(N3CCC[C@@H](NC(=O)OC(C)(C)C)C3)n2Cc2ccccc2Cl)c2ccc(C(=O)O)cc21. The first-order valence-corrected chi connectivity index (χ1v) is 27.5. The van der Waals surface area contributed by atoms with Crippen LogP contribution in [0.4, 0.5) is 21.5 Å². The average Bonchev–Trinajstić information content (AvgIpc) is 3.58. The molecule has 8 aromatic rings. The van der Waals surface area contributed by atoms with Crippen molar-refractivity contribution in [1.82, 2.24) is 38.9 Å². The molecule has 0 radical (unpaired) electrons. The molecular formula is C59H66Cl2N10O10. The fraction of sp³-hybridized carbons (Fsp3) is 0.390. The zero-order valence-corrected chi connectivity index (χ0v) is 48.3. The van der Waals surface area contributed by atoms with Crippen LogP contribution in [0.15, 0.2) is 94.5 Å². The fourth-order valence-electron chi connectivity index (χ4n) is 10.5. The second kappa shape index (κ2) is 23.2. The number of imidazole rings is 2. The van der Waals surface area contributed by atoms with Crippen LogP contribution in [0.1, 0.15) is 99.1 Å². The van der Waals surface area contributed by atoms with Gasteiger partial charge in [-0.3, -0.25) is 9.59 Å². The van der Waals surface area contributed by atoms with Gasteiger partial charge >= 0.3 is 24.1 Å². The summed E-state index contributed by atoms with van der Waals surface area (Å²) in [7, 11) is 4.63. The van der Waals surface area contributed by atoms with Gasteiger partial charge < -0.3 is 58.0 Å². The van der Waals surface area contributed by atoms with E-state index in [4.69, 9.17) is 47.4 Å². The highest BCUT2D eigenvalue weighted by atomic mass is 35.5. The summed E-state index contributed by atoms with van der Waals surface area (Å²) in [5.74, 6) is -0.368. The molecule has 426 valence electrons. The number of aromatic nitrogens is 6. The van der Waals surface area contributed by atoms with E-state index in [9.17, 15) is 33.9 Å². The van der Waals surface area contributed by atoms with Crippen molar-refractivity contribution in [1.29, 1.82) is 0 Å². The van der Waals surface area contributed by atoms with Crippen LogP contribution in [0, 0.1) is 0 Å². The van der Waals surface area contributed by atoms with Crippen molar-refractivity contribution in [3.05, 3.63) is 138 Å². The molecule has 2 fully saturated rings. The summed E-state index contributed by atoms with van der Waals surface area (Å²) in [6.45, 7) is 13.9. The Labute approximate surface area is 477 Å². The number of halogens is 2. The molecule has 3 N–H and O–H groups in total. The summed E-state index contributed by atoms with van der Waals surface area (Å²) in [6.07, 6.45) is 2.26. The Morgan fingerprint density at radius 3 is 1.43 bits per heavy atom. The summed E-state index contributed by atoms with van der Waals surface area (Å²) < 4.78 is 22.6. The van der Waals surface area contributed by atoms with Crippen molar-refractivity contribution >= 4 is 103 Å². The molecule has 4 aromatic carbocycles. The smallest absolute Gasteiger partial charge is 0.407 e. The van der Waals surface area contributed by atoms with Gasteiger partial charge in [0, 0.05) is 73.2 Å². The first-order valence-electron chi connectivity index (χ1n) is 26.7. The number of carboxylic acids is 1. The van der Waals surface area contributed by atoms with Gasteiger partial charge in [0.2, 0.25) is 11.9 Å². The van der Waals surface area contributed by atoms with Crippen molar-refractivity contribution in [2.75, 3.05) is 43.1 Å². The lowest BCUT2D eigenvalue weighted by Gasteiger charge is -2.34. The molecule has 2 aliphatic rings. The number of hydrogen-bond acceptors (Lipinski definition) is 13. The maximum atomic E-state index is 13.9. The molecule has 0 spiro atoms. The number of methoxy groups -OCH3 is 1. The van der Waals surface area contributed by atoms with E-state index in [1.54, 1.807) is 44.4 Å². The topological polar surface area (TPSA) is 226 Å². The highest BCUT2D eigenvalue weighted by molar-refractivity contribution is 6.31. The Balaban J connectivity index is 0.000000196. The van der Waals surface area contributed by atoms with Gasteiger partial charge in [-0.25, -0.2) is 29.1 Å². The zero-order chi connectivity index (χ0) is 58.2. The Morgan fingerprint density at radius 1 is 0.630 bits per heavy atom. The predicted molar refractivity (Wildman–Crippen MR) is 314 cm³/mol. The largest absolute Gasteiger partial charge is 0.478 e. The number of ether oxygens (including phenoxy) is 3. The van der Waals surface area contributed by atoms with Gasteiger partial charge in [-0.05, 0) is 127 Å². The summed E-state index contributed by atoms with van der Waals surface area (Å²) in [5, 5.41) is 18.0. The van der Waals surface area contributed by atoms with Gasteiger partial charge in [0.15, 0.2) is 0 Å². The average molecular weight is 1150 g/mol. The van der Waals surface area contributed by atoms with E-state index in [-0.39, 0.29) is 28.8 Å². The summed E-state index contributed by atoms with van der Waals surface area (Å²) in [4.78, 5) is 90.7. The molecule has 0 saturated carbocycles. The van der Waals surface area contributed by atoms with Crippen molar-refractivity contribution in [2.24, 2.45) is 14.1 Å². The van der Waals surface area contributed by atoms with Crippen LogP contribution in [0.5, 0.6) is 0 Å². The minimum absolute atomic E-state index is 0.0877. The quantitative estimate of drug-likeness (QED) is 0.0856. The van der Waals surface area contributed by atoms with Crippen molar-refractivity contribution < 1.29 is 38.5 Å². The van der Waals surface area contributed by atoms with Crippen LogP contribution in [0.2, 0.25) is 10.0 Å². The van der Waals surface area contributed by atoms with Gasteiger partial charge in [-0.15, -0.1) is 0 Å². The number of aryl methyl sites for hydroxylation is 2. The van der Waals surface area contributed by atoms with Gasteiger partial charge in [0.1, 0.15) is 33.3 Å². The number of carbonyl (C=O) groups is 4. The number of amides is 2. The van der Waals surface area contributed by atoms with Crippen LogP contribution >= 0.6 is 23.2 Å². The van der Waals surface area contributed by atoms with Crippen molar-refractivity contribution in [2.45, 2.75) is 104 Å². The highest BCUT2D eigenvalue weighted by Crippen LogP contribution is 2.34. The highest BCUT2D eigenvalue weighted by Gasteiger charge is 2.32. The summed E-state index contributed by atoms with van der Waals surface area (Å²) in [6, 6.07) is 24.5. The van der Waals surface area contributed by atoms with E-state index in [2.05, 4.69) is 20.4 Å². The number of piperidine rings is 2. The molecular weight excluding hydrogens is 1080 g/mol. The number of fused-ring (bicyclic) bond motifs is 6. The number of anilines is 2. The minimum atomic E-state index is -1.07. The summed E-state index contributed by atoms with van der Waals surface area (Å²) >= 11 is 13.1. The number of hydrogen-bond donors (Lipinski definition) is 3. The summed E-state index contributed by atoms with van der Waals surface area (Å²) in [5.41, 5.74) is 3.25. The second-order valence-corrected chi connectivity index (χ2v) is 23.2. The minimum Gasteiger partial charge on any atom is -0.478 e. The molecule has 2 aliphatic heterocycles. The number of carbonyl (C=O) groups excluding carboxylic acids is 3. The van der Waals surface area contributed by atoms with E-state index in [1.807, 2.05) is 93.1 Å². The normalized spacial score (nSPS) is 15.8.